The first-order chi connectivity index (χ1) is 19.9. The fraction of sp³-hybridized carbons (Fsp3) is 0.438. The van der Waals surface area contributed by atoms with Crippen LogP contribution in [-0.4, -0.2) is 47.4 Å². The first kappa shape index (κ1) is 26.1. The molecule has 1 saturated carbocycles. The zero-order valence-corrected chi connectivity index (χ0v) is 23.9. The third-order valence-corrected chi connectivity index (χ3v) is 9.16. The van der Waals surface area contributed by atoms with Crippen LogP contribution in [0.2, 0.25) is 0 Å². The van der Waals surface area contributed by atoms with Crippen molar-refractivity contribution in [3.63, 3.8) is 0 Å². The highest BCUT2D eigenvalue weighted by Crippen LogP contribution is 2.45. The molecule has 7 rings (SSSR count). The van der Waals surface area contributed by atoms with Crippen molar-refractivity contribution in [2.24, 2.45) is 0 Å². The summed E-state index contributed by atoms with van der Waals surface area (Å²) in [5.74, 6) is 1.62. The van der Waals surface area contributed by atoms with E-state index in [1.807, 2.05) is 19.1 Å². The Morgan fingerprint density at radius 2 is 2.02 bits per heavy atom. The van der Waals surface area contributed by atoms with E-state index in [1.54, 1.807) is 21.6 Å². The van der Waals surface area contributed by atoms with Crippen LogP contribution in [-0.2, 0) is 31.5 Å². The number of rotatable bonds is 8. The smallest absolute Gasteiger partial charge is 0.278 e. The van der Waals surface area contributed by atoms with Crippen molar-refractivity contribution in [1.82, 2.24) is 29.2 Å². The van der Waals surface area contributed by atoms with Crippen LogP contribution in [0, 0.1) is 0 Å². The van der Waals surface area contributed by atoms with Crippen LogP contribution >= 0.6 is 0 Å². The lowest BCUT2D eigenvalue weighted by Gasteiger charge is -2.30. The summed E-state index contributed by atoms with van der Waals surface area (Å²) in [6, 6.07) is 8.42. The van der Waals surface area contributed by atoms with E-state index in [2.05, 4.69) is 40.8 Å². The summed E-state index contributed by atoms with van der Waals surface area (Å²) >= 11 is 0. The predicted molar refractivity (Wildman–Crippen MR) is 160 cm³/mol. The van der Waals surface area contributed by atoms with Crippen LogP contribution in [0.3, 0.4) is 0 Å². The summed E-state index contributed by atoms with van der Waals surface area (Å²) in [4.78, 5) is 30.3. The molecule has 1 aromatic carbocycles. The highest BCUT2D eigenvalue weighted by molar-refractivity contribution is 5.77. The number of nitrogens with one attached hydrogen (secondary N) is 1. The molecule has 1 fully saturated rings. The van der Waals surface area contributed by atoms with Gasteiger partial charge in [-0.05, 0) is 91.4 Å². The van der Waals surface area contributed by atoms with Gasteiger partial charge in [-0.1, -0.05) is 26.0 Å². The van der Waals surface area contributed by atoms with Gasteiger partial charge in [-0.3, -0.25) is 9.69 Å². The van der Waals surface area contributed by atoms with Gasteiger partial charge in [0.1, 0.15) is 11.0 Å². The number of likely N-dealkylation sites (N-methyl/N-ethyl adjacent to an activating group) is 1. The third kappa shape index (κ3) is 4.38. The average Bonchev–Trinajstić information content (AvgIpc) is 3.74. The molecule has 4 heterocycles. The average molecular weight is 552 g/mol. The molecule has 0 bridgehead atoms. The summed E-state index contributed by atoms with van der Waals surface area (Å²) in [7, 11) is 0. The van der Waals surface area contributed by atoms with Crippen LogP contribution in [0.25, 0.3) is 16.9 Å². The molecule has 0 amide bonds. The molecule has 9 nitrogen and oxygen atoms in total. The Morgan fingerprint density at radius 1 is 1.17 bits per heavy atom. The number of fused-ring (bicyclic) bond motifs is 3. The maximum atomic E-state index is 13.5. The number of hydrogen-bond donors (Lipinski definition) is 2. The van der Waals surface area contributed by atoms with Crippen molar-refractivity contribution in [2.45, 2.75) is 77.0 Å². The lowest BCUT2D eigenvalue weighted by atomic mass is 9.91. The van der Waals surface area contributed by atoms with Crippen LogP contribution < -0.4 is 10.9 Å². The summed E-state index contributed by atoms with van der Waals surface area (Å²) in [6.45, 7) is 11.5. The first-order valence-electron chi connectivity index (χ1n) is 14.9. The summed E-state index contributed by atoms with van der Waals surface area (Å²) in [6.07, 6.45) is 8.90. The van der Waals surface area contributed by atoms with E-state index in [1.165, 1.54) is 29.5 Å². The van der Waals surface area contributed by atoms with Crippen LogP contribution in [0.15, 0.2) is 47.9 Å². The Balaban J connectivity index is 1.32. The Morgan fingerprint density at radius 3 is 2.78 bits per heavy atom. The summed E-state index contributed by atoms with van der Waals surface area (Å²) in [5, 5.41) is 15.1. The van der Waals surface area contributed by atoms with E-state index in [-0.39, 0.29) is 12.1 Å². The minimum Gasteiger partial charge on any atom is -0.384 e. The SMILES string of the molecule is C=CCn1c(=O)c2cnc(Nc3cc4c(c(C5CC5)c3)CCN(CC)C4)nc2n1-c1ccc2c(n1)[C@](O)(CC)CC2. The molecule has 0 unspecified atom stereocenters. The van der Waals surface area contributed by atoms with Crippen molar-refractivity contribution >= 4 is 22.7 Å². The molecular formula is C32H37N7O2. The molecule has 9 heteroatoms. The Labute approximate surface area is 239 Å². The van der Waals surface area contributed by atoms with Crippen molar-refractivity contribution in [3.05, 3.63) is 81.4 Å². The normalized spacial score (nSPS) is 20.3. The van der Waals surface area contributed by atoms with Gasteiger partial charge in [-0.25, -0.2) is 19.3 Å². The first-order valence-corrected chi connectivity index (χ1v) is 14.9. The quantitative estimate of drug-likeness (QED) is 0.306. The highest BCUT2D eigenvalue weighted by atomic mass is 16.3. The van der Waals surface area contributed by atoms with Gasteiger partial charge in [0, 0.05) is 25.0 Å². The van der Waals surface area contributed by atoms with Crippen LogP contribution in [0.5, 0.6) is 0 Å². The van der Waals surface area contributed by atoms with Gasteiger partial charge in [-0.2, -0.15) is 4.98 Å². The molecular weight excluding hydrogens is 514 g/mol. The van der Waals surface area contributed by atoms with Gasteiger partial charge in [-0.15, -0.1) is 6.58 Å². The summed E-state index contributed by atoms with van der Waals surface area (Å²) < 4.78 is 3.32. The van der Waals surface area contributed by atoms with Crippen molar-refractivity contribution in [1.29, 1.82) is 0 Å². The number of aliphatic hydroxyl groups is 1. The topological polar surface area (TPSA) is 101 Å². The lowest BCUT2D eigenvalue weighted by molar-refractivity contribution is 0.0306. The molecule has 0 spiro atoms. The highest BCUT2D eigenvalue weighted by Gasteiger charge is 2.37. The molecule has 2 aliphatic carbocycles. The maximum absolute atomic E-state index is 13.5. The number of anilines is 2. The van der Waals surface area contributed by atoms with Gasteiger partial charge in [0.15, 0.2) is 11.5 Å². The Bertz CT molecular complexity index is 1730. The predicted octanol–water partition coefficient (Wildman–Crippen LogP) is 4.71. The second-order valence-electron chi connectivity index (χ2n) is 11.7. The Hall–Kier alpha value is -3.82. The minimum absolute atomic E-state index is 0.205. The zero-order chi connectivity index (χ0) is 28.3. The van der Waals surface area contributed by atoms with Gasteiger partial charge in [0.2, 0.25) is 5.95 Å². The molecule has 0 saturated heterocycles. The van der Waals surface area contributed by atoms with Crippen molar-refractivity contribution < 1.29 is 5.11 Å². The van der Waals surface area contributed by atoms with E-state index >= 15 is 0 Å². The van der Waals surface area contributed by atoms with Crippen molar-refractivity contribution in [3.8, 4) is 5.82 Å². The lowest BCUT2D eigenvalue weighted by Crippen LogP contribution is -2.30. The van der Waals surface area contributed by atoms with Crippen LogP contribution in [0.1, 0.15) is 73.4 Å². The largest absolute Gasteiger partial charge is 0.384 e. The molecule has 212 valence electrons. The number of aryl methyl sites for hydroxylation is 1. The molecule has 3 aromatic heterocycles. The third-order valence-electron chi connectivity index (χ3n) is 9.16. The fourth-order valence-corrected chi connectivity index (χ4v) is 6.64. The zero-order valence-electron chi connectivity index (χ0n) is 23.9. The number of hydrogen-bond acceptors (Lipinski definition) is 7. The standard InChI is InChI=1S/C32H37N7O2/c1-4-14-38-30(40)26-18-33-31(34-23-16-22-19-37(6-3)15-12-24(22)25(17-23)20-7-8-20)36-29(26)39(38)27-10-9-21-11-13-32(41,5-2)28(21)35-27/h4,9-10,16-18,20,41H,1,5-8,11-15,19H2,2-3H3,(H,33,34,36)/t32-/m0/s1. The van der Waals surface area contributed by atoms with Gasteiger partial charge < -0.3 is 10.4 Å². The number of allylic oxidation sites excluding steroid dienone is 1. The number of benzene rings is 1. The molecule has 2 N–H and O–H groups in total. The molecule has 1 atom stereocenters. The Kier molecular flexibility index (Phi) is 6.32. The molecule has 3 aliphatic rings. The maximum Gasteiger partial charge on any atom is 0.278 e. The molecule has 41 heavy (non-hydrogen) atoms. The van der Waals surface area contributed by atoms with E-state index < -0.39 is 5.60 Å². The molecule has 1 aliphatic heterocycles. The molecule has 0 radical (unpaired) electrons. The van der Waals surface area contributed by atoms with Crippen molar-refractivity contribution in [2.75, 3.05) is 18.4 Å². The molecule has 4 aromatic rings. The number of nitrogens with zero attached hydrogens (tertiary/aromatic N) is 6. The van der Waals surface area contributed by atoms with Gasteiger partial charge in [0.05, 0.1) is 12.2 Å². The van der Waals surface area contributed by atoms with Crippen LogP contribution in [0.4, 0.5) is 11.6 Å². The second-order valence-corrected chi connectivity index (χ2v) is 11.7. The van der Waals surface area contributed by atoms with E-state index in [0.29, 0.717) is 47.3 Å². The second kappa shape index (κ2) is 9.92. The van der Waals surface area contributed by atoms with Gasteiger partial charge in [0.25, 0.3) is 5.56 Å². The number of aromatic nitrogens is 5. The fourth-order valence-electron chi connectivity index (χ4n) is 6.64. The van der Waals surface area contributed by atoms with Gasteiger partial charge >= 0.3 is 0 Å². The number of pyridine rings is 1. The van der Waals surface area contributed by atoms with E-state index in [0.717, 1.165) is 43.7 Å². The summed E-state index contributed by atoms with van der Waals surface area (Å²) in [5.41, 5.74) is 6.37. The minimum atomic E-state index is -0.960. The van der Waals surface area contributed by atoms with E-state index in [9.17, 15) is 9.90 Å². The van der Waals surface area contributed by atoms with E-state index in [4.69, 9.17) is 9.97 Å². The monoisotopic (exact) mass is 551 g/mol.